The summed E-state index contributed by atoms with van der Waals surface area (Å²) < 4.78 is 0. The van der Waals surface area contributed by atoms with Crippen molar-refractivity contribution in [1.82, 2.24) is 10.3 Å². The van der Waals surface area contributed by atoms with E-state index in [0.29, 0.717) is 0 Å². The Bertz CT molecular complexity index is 527. The Labute approximate surface area is 126 Å². The molecule has 112 valence electrons. The third-order valence-electron chi connectivity index (χ3n) is 4.37. The maximum Gasteiger partial charge on any atom is 0.153 e. The normalized spacial score (nSPS) is 22.3. The zero-order valence-corrected chi connectivity index (χ0v) is 12.8. The van der Waals surface area contributed by atoms with Gasteiger partial charge in [0.15, 0.2) is 5.84 Å². The molecule has 1 aliphatic heterocycles. The smallest absolute Gasteiger partial charge is 0.153 e. The van der Waals surface area contributed by atoms with Gasteiger partial charge in [-0.25, -0.2) is 0 Å². The van der Waals surface area contributed by atoms with Crippen molar-refractivity contribution in [2.24, 2.45) is 9.98 Å². The molecule has 2 aliphatic rings. The number of aromatic nitrogens is 1. The Hall–Kier alpha value is -1.71. The third-order valence-corrected chi connectivity index (χ3v) is 4.37. The van der Waals surface area contributed by atoms with Gasteiger partial charge >= 0.3 is 0 Å². The predicted octanol–water partition coefficient (Wildman–Crippen LogP) is 3.33. The zero-order chi connectivity index (χ0) is 14.5. The first-order valence-corrected chi connectivity index (χ1v) is 8.17. The highest BCUT2D eigenvalue weighted by molar-refractivity contribution is 6.16. The van der Waals surface area contributed by atoms with Gasteiger partial charge in [-0.05, 0) is 31.4 Å². The van der Waals surface area contributed by atoms with Crippen LogP contribution in [0.1, 0.15) is 57.6 Å². The highest BCUT2D eigenvalue weighted by atomic mass is 15.2. The van der Waals surface area contributed by atoms with Crippen LogP contribution in [-0.4, -0.2) is 28.7 Å². The van der Waals surface area contributed by atoms with E-state index in [4.69, 9.17) is 9.98 Å². The van der Waals surface area contributed by atoms with Crippen molar-refractivity contribution in [2.75, 3.05) is 6.54 Å². The fourth-order valence-electron chi connectivity index (χ4n) is 3.17. The molecule has 21 heavy (non-hydrogen) atoms. The highest BCUT2D eigenvalue weighted by Crippen LogP contribution is 2.35. The molecule has 1 fully saturated rings. The van der Waals surface area contributed by atoms with Crippen LogP contribution >= 0.6 is 0 Å². The van der Waals surface area contributed by atoms with Crippen molar-refractivity contribution in [3.05, 3.63) is 30.1 Å². The molecule has 1 spiro atoms. The number of nitrogens with one attached hydrogen (secondary N) is 1. The van der Waals surface area contributed by atoms with Crippen molar-refractivity contribution in [1.29, 1.82) is 0 Å². The Morgan fingerprint density at radius 2 is 2.10 bits per heavy atom. The Balaban J connectivity index is 1.87. The van der Waals surface area contributed by atoms with E-state index in [1.165, 1.54) is 25.7 Å². The van der Waals surface area contributed by atoms with Crippen LogP contribution in [0.2, 0.25) is 0 Å². The van der Waals surface area contributed by atoms with E-state index in [0.717, 1.165) is 43.2 Å². The van der Waals surface area contributed by atoms with Crippen molar-refractivity contribution in [2.45, 2.75) is 57.4 Å². The molecule has 1 saturated carbocycles. The molecule has 0 aromatic carbocycles. The van der Waals surface area contributed by atoms with E-state index >= 15 is 0 Å². The molecule has 4 nitrogen and oxygen atoms in total. The van der Waals surface area contributed by atoms with Crippen LogP contribution in [0.4, 0.5) is 0 Å². The van der Waals surface area contributed by atoms with Gasteiger partial charge in [-0.3, -0.25) is 15.0 Å². The van der Waals surface area contributed by atoms with Gasteiger partial charge in [0, 0.05) is 12.7 Å². The Kier molecular flexibility index (Phi) is 4.32. The second kappa shape index (κ2) is 6.37. The summed E-state index contributed by atoms with van der Waals surface area (Å²) in [5, 5.41) is 3.46. The summed E-state index contributed by atoms with van der Waals surface area (Å²) in [4.78, 5) is 14.3. The summed E-state index contributed by atoms with van der Waals surface area (Å²) in [7, 11) is 0. The van der Waals surface area contributed by atoms with Crippen molar-refractivity contribution >= 4 is 11.7 Å². The summed E-state index contributed by atoms with van der Waals surface area (Å²) in [5.74, 6) is 1.98. The molecule has 0 unspecified atom stereocenters. The molecule has 1 aromatic rings. The van der Waals surface area contributed by atoms with Crippen molar-refractivity contribution < 1.29 is 0 Å². The predicted molar refractivity (Wildman–Crippen MR) is 86.9 cm³/mol. The number of hydrogen-bond acceptors (Lipinski definition) is 3. The second-order valence-corrected chi connectivity index (χ2v) is 5.98. The number of amidine groups is 2. The lowest BCUT2D eigenvalue weighted by atomic mass is 9.81. The quantitative estimate of drug-likeness (QED) is 0.862. The molecule has 0 saturated heterocycles. The average molecular weight is 284 g/mol. The van der Waals surface area contributed by atoms with Gasteiger partial charge in [0.25, 0.3) is 0 Å². The number of rotatable bonds is 4. The summed E-state index contributed by atoms with van der Waals surface area (Å²) in [6.45, 7) is 3.10. The van der Waals surface area contributed by atoms with Gasteiger partial charge in [-0.15, -0.1) is 0 Å². The lowest BCUT2D eigenvalue weighted by molar-refractivity contribution is 0.385. The molecule has 0 atom stereocenters. The third kappa shape index (κ3) is 2.99. The summed E-state index contributed by atoms with van der Waals surface area (Å²) in [6, 6.07) is 5.95. The maximum absolute atomic E-state index is 5.02. The van der Waals surface area contributed by atoms with Crippen LogP contribution in [0.5, 0.6) is 0 Å². The summed E-state index contributed by atoms with van der Waals surface area (Å²) >= 11 is 0. The number of nitrogens with zero attached hydrogens (tertiary/aromatic N) is 3. The van der Waals surface area contributed by atoms with E-state index in [1.807, 2.05) is 24.4 Å². The van der Waals surface area contributed by atoms with Crippen LogP contribution in [0.25, 0.3) is 0 Å². The molecular weight excluding hydrogens is 260 g/mol. The monoisotopic (exact) mass is 284 g/mol. The van der Waals surface area contributed by atoms with Crippen molar-refractivity contribution in [3.8, 4) is 0 Å². The fraction of sp³-hybridized carbons (Fsp3) is 0.588. The first-order chi connectivity index (χ1) is 10.3. The van der Waals surface area contributed by atoms with E-state index in [9.17, 15) is 0 Å². The van der Waals surface area contributed by atoms with E-state index in [1.54, 1.807) is 0 Å². The largest absolute Gasteiger partial charge is 0.325 e. The number of hydrogen-bond donors (Lipinski definition) is 1. The van der Waals surface area contributed by atoms with Crippen LogP contribution in [0, 0.1) is 0 Å². The van der Waals surface area contributed by atoms with E-state index in [-0.39, 0.29) is 5.54 Å². The Morgan fingerprint density at radius 1 is 1.24 bits per heavy atom. The number of pyridine rings is 1. The topological polar surface area (TPSA) is 49.6 Å². The number of aliphatic imine (C=N–C) groups is 2. The lowest BCUT2D eigenvalue weighted by Crippen LogP contribution is -2.41. The molecule has 0 amide bonds. The van der Waals surface area contributed by atoms with Gasteiger partial charge in [-0.2, -0.15) is 0 Å². The van der Waals surface area contributed by atoms with Gasteiger partial charge in [0.1, 0.15) is 17.1 Å². The summed E-state index contributed by atoms with van der Waals surface area (Å²) in [6.07, 6.45) is 10.2. The zero-order valence-electron chi connectivity index (χ0n) is 12.8. The first kappa shape index (κ1) is 14.2. The molecule has 1 N–H and O–H groups in total. The molecule has 0 radical (unpaired) electrons. The second-order valence-electron chi connectivity index (χ2n) is 5.98. The van der Waals surface area contributed by atoms with E-state index in [2.05, 4.69) is 17.2 Å². The van der Waals surface area contributed by atoms with Gasteiger partial charge in [-0.1, -0.05) is 38.7 Å². The molecular formula is C17H24N4. The highest BCUT2D eigenvalue weighted by Gasteiger charge is 2.42. The SMILES string of the molecule is CCCCN=C1NC(c2ccccn2)=NC12CCCCC2. The van der Waals surface area contributed by atoms with Crippen LogP contribution in [0.3, 0.4) is 0 Å². The molecule has 0 bridgehead atoms. The van der Waals surface area contributed by atoms with Gasteiger partial charge < -0.3 is 5.32 Å². The first-order valence-electron chi connectivity index (χ1n) is 8.17. The molecule has 2 heterocycles. The van der Waals surface area contributed by atoms with Crippen molar-refractivity contribution in [3.63, 3.8) is 0 Å². The molecule has 1 aliphatic carbocycles. The van der Waals surface area contributed by atoms with Crippen LogP contribution < -0.4 is 5.32 Å². The molecule has 1 aromatic heterocycles. The van der Waals surface area contributed by atoms with Crippen LogP contribution in [-0.2, 0) is 0 Å². The maximum atomic E-state index is 5.02. The average Bonchev–Trinajstić information content (AvgIpc) is 2.88. The van der Waals surface area contributed by atoms with Gasteiger partial charge in [0.05, 0.1) is 0 Å². The minimum absolute atomic E-state index is 0.0984. The minimum Gasteiger partial charge on any atom is -0.325 e. The minimum atomic E-state index is -0.0984. The molecule has 3 rings (SSSR count). The van der Waals surface area contributed by atoms with Gasteiger partial charge in [0.2, 0.25) is 0 Å². The lowest BCUT2D eigenvalue weighted by Gasteiger charge is -2.30. The standard InChI is InChI=1S/C17H24N4/c1-2-3-12-19-16-17(10-6-4-7-11-17)21-15(20-16)14-9-5-8-13-18-14/h5,8-9,13H,2-4,6-7,10-12H2,1H3,(H,19,20,21). The molecule has 4 heteroatoms. The number of unbranched alkanes of at least 4 members (excludes halogenated alkanes) is 1. The van der Waals surface area contributed by atoms with E-state index < -0.39 is 0 Å². The summed E-state index contributed by atoms with van der Waals surface area (Å²) in [5.41, 5.74) is 0.821. The fourth-order valence-corrected chi connectivity index (χ4v) is 3.17. The Morgan fingerprint density at radius 3 is 2.81 bits per heavy atom. The van der Waals surface area contributed by atoms with Crippen LogP contribution in [0.15, 0.2) is 34.4 Å².